The average Bonchev–Trinajstić information content (AvgIpc) is 3.16. The van der Waals surface area contributed by atoms with E-state index in [2.05, 4.69) is 32.1 Å². The van der Waals surface area contributed by atoms with Gasteiger partial charge in [-0.1, -0.05) is 11.3 Å². The summed E-state index contributed by atoms with van der Waals surface area (Å²) in [6.45, 7) is 4.57. The van der Waals surface area contributed by atoms with Crippen molar-refractivity contribution >= 4 is 33.3 Å². The standard InChI is InChI=1S/C19H20FN5O2S/c1-11-7-14(27-17-4-3-13-8-21-6-5-15(13)23-17)9-25(11)10-16-18(20)24-19(28-16)22-12(2)26/h3-6,8,11,14H,7,9-10H2,1-2H3,(H,22,24,26)/t11-,14+/m0/s1. The number of pyridine rings is 2. The lowest BCUT2D eigenvalue weighted by Gasteiger charge is -2.19. The number of hydrogen-bond acceptors (Lipinski definition) is 7. The molecule has 0 unspecified atom stereocenters. The molecule has 0 saturated carbocycles. The number of anilines is 1. The van der Waals surface area contributed by atoms with Crippen LogP contribution in [0.15, 0.2) is 30.6 Å². The van der Waals surface area contributed by atoms with Gasteiger partial charge in [0, 0.05) is 56.3 Å². The quantitative estimate of drug-likeness (QED) is 0.707. The number of amides is 1. The van der Waals surface area contributed by atoms with Crippen molar-refractivity contribution < 1.29 is 13.9 Å². The van der Waals surface area contributed by atoms with E-state index >= 15 is 0 Å². The van der Waals surface area contributed by atoms with Crippen molar-refractivity contribution in [2.45, 2.75) is 39.0 Å². The Kier molecular flexibility index (Phi) is 5.19. The Morgan fingerprint density at radius 1 is 1.39 bits per heavy atom. The first kappa shape index (κ1) is 18.7. The minimum absolute atomic E-state index is 0.0208. The van der Waals surface area contributed by atoms with E-state index in [-0.39, 0.29) is 23.2 Å². The van der Waals surface area contributed by atoms with Crippen molar-refractivity contribution in [3.8, 4) is 5.88 Å². The highest BCUT2D eigenvalue weighted by molar-refractivity contribution is 7.15. The van der Waals surface area contributed by atoms with Crippen LogP contribution in [0.2, 0.25) is 0 Å². The van der Waals surface area contributed by atoms with E-state index in [1.807, 2.05) is 18.2 Å². The van der Waals surface area contributed by atoms with Crippen molar-refractivity contribution in [1.82, 2.24) is 19.9 Å². The summed E-state index contributed by atoms with van der Waals surface area (Å²) >= 11 is 1.16. The van der Waals surface area contributed by atoms with Crippen molar-refractivity contribution in [2.75, 3.05) is 11.9 Å². The van der Waals surface area contributed by atoms with Crippen molar-refractivity contribution in [1.29, 1.82) is 0 Å². The molecule has 0 spiro atoms. The van der Waals surface area contributed by atoms with Gasteiger partial charge in [-0.2, -0.15) is 9.37 Å². The number of hydrogen-bond donors (Lipinski definition) is 1. The Hall–Kier alpha value is -2.65. The third kappa shape index (κ3) is 4.10. The number of ether oxygens (including phenoxy) is 1. The number of likely N-dealkylation sites (tertiary alicyclic amines) is 1. The number of nitrogens with one attached hydrogen (secondary N) is 1. The third-order valence-electron chi connectivity index (χ3n) is 4.70. The lowest BCUT2D eigenvalue weighted by molar-refractivity contribution is -0.114. The van der Waals surface area contributed by atoms with Crippen molar-refractivity contribution in [3.05, 3.63) is 41.4 Å². The van der Waals surface area contributed by atoms with Crippen molar-refractivity contribution in [2.24, 2.45) is 0 Å². The molecule has 146 valence electrons. The number of carbonyl (C=O) groups is 1. The van der Waals surface area contributed by atoms with Gasteiger partial charge in [0.1, 0.15) is 6.10 Å². The first-order valence-electron chi connectivity index (χ1n) is 9.02. The van der Waals surface area contributed by atoms with Gasteiger partial charge in [0.2, 0.25) is 17.7 Å². The molecule has 3 aromatic rings. The molecule has 1 aliphatic heterocycles. The summed E-state index contributed by atoms with van der Waals surface area (Å²) in [4.78, 5) is 26.2. The van der Waals surface area contributed by atoms with E-state index in [0.717, 1.165) is 28.7 Å². The molecule has 0 aliphatic carbocycles. The van der Waals surface area contributed by atoms with E-state index < -0.39 is 5.95 Å². The highest BCUT2D eigenvalue weighted by Gasteiger charge is 2.32. The number of nitrogens with zero attached hydrogens (tertiary/aromatic N) is 4. The second kappa shape index (κ2) is 7.76. The fourth-order valence-corrected chi connectivity index (χ4v) is 4.27. The summed E-state index contributed by atoms with van der Waals surface area (Å²) < 4.78 is 20.2. The maximum absolute atomic E-state index is 14.1. The lowest BCUT2D eigenvalue weighted by atomic mass is 10.2. The highest BCUT2D eigenvalue weighted by Crippen LogP contribution is 2.28. The first-order chi connectivity index (χ1) is 13.5. The highest BCUT2D eigenvalue weighted by atomic mass is 32.1. The molecule has 0 bridgehead atoms. The molecule has 1 fully saturated rings. The molecule has 0 aromatic carbocycles. The minimum atomic E-state index is -0.532. The fraction of sp³-hybridized carbons (Fsp3) is 0.368. The van der Waals surface area contributed by atoms with Crippen LogP contribution in [0.5, 0.6) is 5.88 Å². The zero-order valence-electron chi connectivity index (χ0n) is 15.6. The van der Waals surface area contributed by atoms with Gasteiger partial charge in [0.25, 0.3) is 0 Å². The van der Waals surface area contributed by atoms with E-state index in [4.69, 9.17) is 4.74 Å². The molecule has 9 heteroatoms. The molecule has 3 aromatic heterocycles. The second-order valence-electron chi connectivity index (χ2n) is 6.89. The molecule has 1 amide bonds. The van der Waals surface area contributed by atoms with Crippen LogP contribution in [0.4, 0.5) is 9.52 Å². The predicted molar refractivity (Wildman–Crippen MR) is 105 cm³/mol. The van der Waals surface area contributed by atoms with Crippen LogP contribution in [0, 0.1) is 5.95 Å². The molecule has 1 saturated heterocycles. The fourth-order valence-electron chi connectivity index (χ4n) is 3.35. The second-order valence-corrected chi connectivity index (χ2v) is 7.97. The van der Waals surface area contributed by atoms with Gasteiger partial charge in [0.05, 0.1) is 10.4 Å². The molecule has 4 heterocycles. The van der Waals surface area contributed by atoms with Gasteiger partial charge in [-0.05, 0) is 19.1 Å². The monoisotopic (exact) mass is 401 g/mol. The molecular weight excluding hydrogens is 381 g/mol. The number of halogens is 1. The zero-order chi connectivity index (χ0) is 19.7. The van der Waals surface area contributed by atoms with Gasteiger partial charge in [-0.3, -0.25) is 14.7 Å². The summed E-state index contributed by atoms with van der Waals surface area (Å²) in [5, 5.41) is 3.78. The maximum Gasteiger partial charge on any atom is 0.230 e. The van der Waals surface area contributed by atoms with Crippen LogP contribution >= 0.6 is 11.3 Å². The Balaban J connectivity index is 1.41. The van der Waals surface area contributed by atoms with Gasteiger partial charge >= 0.3 is 0 Å². The Morgan fingerprint density at radius 2 is 2.25 bits per heavy atom. The number of fused-ring (bicyclic) bond motifs is 1. The normalized spacial score (nSPS) is 19.8. The van der Waals surface area contributed by atoms with Crippen LogP contribution in [0.25, 0.3) is 10.9 Å². The molecule has 28 heavy (non-hydrogen) atoms. The van der Waals surface area contributed by atoms with E-state index in [9.17, 15) is 9.18 Å². The number of thiazole rings is 1. The lowest BCUT2D eigenvalue weighted by Crippen LogP contribution is -2.28. The Bertz CT molecular complexity index is 1010. The summed E-state index contributed by atoms with van der Waals surface area (Å²) in [5.41, 5.74) is 0.840. The summed E-state index contributed by atoms with van der Waals surface area (Å²) in [7, 11) is 0. The summed E-state index contributed by atoms with van der Waals surface area (Å²) in [6, 6.07) is 5.88. The van der Waals surface area contributed by atoms with Crippen LogP contribution in [-0.4, -0.2) is 44.4 Å². The predicted octanol–water partition coefficient (Wildman–Crippen LogP) is 3.23. The van der Waals surface area contributed by atoms with Crippen molar-refractivity contribution in [3.63, 3.8) is 0 Å². The molecule has 1 N–H and O–H groups in total. The van der Waals surface area contributed by atoms with E-state index in [1.54, 1.807) is 12.4 Å². The smallest absolute Gasteiger partial charge is 0.230 e. The Morgan fingerprint density at radius 3 is 3.07 bits per heavy atom. The minimum Gasteiger partial charge on any atom is -0.473 e. The zero-order valence-corrected chi connectivity index (χ0v) is 16.4. The van der Waals surface area contributed by atoms with Gasteiger partial charge in [-0.25, -0.2) is 4.98 Å². The molecule has 1 aliphatic rings. The van der Waals surface area contributed by atoms with E-state index in [0.29, 0.717) is 23.8 Å². The molecule has 4 rings (SSSR count). The third-order valence-corrected chi connectivity index (χ3v) is 5.63. The molecule has 2 atom stereocenters. The molecular formula is C19H20FN5O2S. The number of carbonyl (C=O) groups excluding carboxylic acids is 1. The van der Waals surface area contributed by atoms with Crippen LogP contribution in [-0.2, 0) is 11.3 Å². The average molecular weight is 401 g/mol. The first-order valence-corrected chi connectivity index (χ1v) is 9.84. The topological polar surface area (TPSA) is 80.2 Å². The van der Waals surface area contributed by atoms with Crippen LogP contribution in [0.1, 0.15) is 25.1 Å². The summed E-state index contributed by atoms with van der Waals surface area (Å²) in [6.07, 6.45) is 4.28. The largest absolute Gasteiger partial charge is 0.473 e. The number of rotatable bonds is 5. The van der Waals surface area contributed by atoms with Crippen LogP contribution in [0.3, 0.4) is 0 Å². The molecule has 7 nitrogen and oxygen atoms in total. The maximum atomic E-state index is 14.1. The number of aromatic nitrogens is 3. The van der Waals surface area contributed by atoms with Crippen LogP contribution < -0.4 is 10.1 Å². The SMILES string of the molecule is CC(=O)Nc1nc(F)c(CN2C[C@H](Oc3ccc4cnccc4n3)C[C@@H]2C)s1. The Labute approximate surface area is 165 Å². The van der Waals surface area contributed by atoms with Gasteiger partial charge < -0.3 is 10.1 Å². The van der Waals surface area contributed by atoms with Gasteiger partial charge in [0.15, 0.2) is 5.13 Å². The molecule has 0 radical (unpaired) electrons. The van der Waals surface area contributed by atoms with E-state index in [1.165, 1.54) is 6.92 Å². The summed E-state index contributed by atoms with van der Waals surface area (Å²) in [5.74, 6) is -0.216. The van der Waals surface area contributed by atoms with Gasteiger partial charge in [-0.15, -0.1) is 0 Å².